The van der Waals surface area contributed by atoms with Crippen LogP contribution in [0.1, 0.15) is 69.2 Å². The fourth-order valence-electron chi connectivity index (χ4n) is 2.96. The molecule has 2 rings (SSSR count). The van der Waals surface area contributed by atoms with Crippen LogP contribution in [0.15, 0.2) is 24.8 Å². The number of hydrogen-bond donors (Lipinski definition) is 0. The maximum atomic E-state index is 4.64. The van der Waals surface area contributed by atoms with E-state index in [0.717, 1.165) is 0 Å². The number of rotatable bonds is 2. The van der Waals surface area contributed by atoms with Crippen LogP contribution in [0.25, 0.3) is 0 Å². The van der Waals surface area contributed by atoms with Crippen molar-refractivity contribution in [2.45, 2.75) is 69.2 Å². The Morgan fingerprint density at radius 3 is 0.857 bits per heavy atom. The Kier molecular flexibility index (Phi) is 18.3. The van der Waals surface area contributed by atoms with Crippen LogP contribution in [0, 0.1) is 59.2 Å². The van der Waals surface area contributed by atoms with Crippen molar-refractivity contribution >= 4 is 21.9 Å². The third kappa shape index (κ3) is 9.32. The van der Waals surface area contributed by atoms with Gasteiger partial charge < -0.3 is 12.6 Å². The molecule has 0 aromatic carbocycles. The van der Waals surface area contributed by atoms with Crippen LogP contribution in [-0.2, 0) is 32.0 Å². The predicted molar refractivity (Wildman–Crippen MR) is 127 cm³/mol. The fraction of sp³-hybridized carbons (Fsp3) is 0.440. The average molecular weight is 453 g/mol. The third-order valence-electron chi connectivity index (χ3n) is 5.99. The molecule has 10 radical (unpaired) electrons. The van der Waals surface area contributed by atoms with Crippen LogP contribution >= 0.6 is 9.30 Å². The van der Waals surface area contributed by atoms with Gasteiger partial charge in [0.1, 0.15) is 0 Å². The van der Waals surface area contributed by atoms with Crippen LogP contribution in [0.3, 0.4) is 0 Å². The summed E-state index contributed by atoms with van der Waals surface area (Å²) in [6.45, 7) is 25.5. The van der Waals surface area contributed by atoms with E-state index < -0.39 is 0 Å². The van der Waals surface area contributed by atoms with E-state index in [4.69, 9.17) is 0 Å². The summed E-state index contributed by atoms with van der Waals surface area (Å²) in [5.41, 5.74) is 0. The summed E-state index contributed by atoms with van der Waals surface area (Å²) in [5, 5.41) is 0. The standard InChI is InChI=1S/2C10H15.C5H8S.ClH.Ti/c2*1-6-7(2)9(4)10(5)8(6)3;1-2-3-4-5-6;;/h2*1-5H3;2-4,6H,1,5H2;1H;/q;;;;+2/p-2/b;;4-3+;;. The minimum atomic E-state index is 0.687. The molecular weight excluding hydrogens is 416 g/mol. The van der Waals surface area contributed by atoms with E-state index in [9.17, 15) is 0 Å². The molecule has 0 aromatic rings. The van der Waals surface area contributed by atoms with Gasteiger partial charge in [0.15, 0.2) is 0 Å². The summed E-state index contributed by atoms with van der Waals surface area (Å²) in [6, 6.07) is 0. The van der Waals surface area contributed by atoms with Crippen LogP contribution in [0.4, 0.5) is 0 Å². The van der Waals surface area contributed by atoms with Gasteiger partial charge in [-0.3, -0.25) is 0 Å². The summed E-state index contributed by atoms with van der Waals surface area (Å²) in [5.74, 6) is 15.4. The van der Waals surface area contributed by atoms with Gasteiger partial charge in [-0.2, -0.15) is 5.75 Å². The van der Waals surface area contributed by atoms with Gasteiger partial charge in [0.25, 0.3) is 0 Å². The fourth-order valence-corrected chi connectivity index (χ4v) is 3.08. The van der Waals surface area contributed by atoms with Crippen molar-refractivity contribution in [3.8, 4) is 0 Å². The normalized spacial score (nSPS) is 22.5. The summed E-state index contributed by atoms with van der Waals surface area (Å²) in [4.78, 5) is 0. The van der Waals surface area contributed by atoms with E-state index in [1.807, 2.05) is 12.2 Å². The number of halogens is 1. The van der Waals surface area contributed by atoms with Crippen molar-refractivity contribution < 1.29 is 19.4 Å². The monoisotopic (exact) mass is 452 g/mol. The predicted octanol–water partition coefficient (Wildman–Crippen LogP) is 7.91. The molecule has 0 aromatic heterocycles. The molecule has 2 aliphatic carbocycles. The molecule has 154 valence electrons. The van der Waals surface area contributed by atoms with E-state index in [2.05, 4.69) is 97.8 Å². The van der Waals surface area contributed by atoms with Crippen LogP contribution in [0.5, 0.6) is 0 Å². The molecule has 0 bridgehead atoms. The van der Waals surface area contributed by atoms with Gasteiger partial charge in [0.2, 0.25) is 0 Å². The first kappa shape index (κ1) is 31.0. The summed E-state index contributed by atoms with van der Waals surface area (Å²) in [6.07, 6.45) is 5.43. The first-order valence-corrected chi connectivity index (χ1v) is 12.2. The van der Waals surface area contributed by atoms with Crippen molar-refractivity contribution in [3.05, 3.63) is 84.0 Å². The SMILES string of the molecule is C=C/C=C/C[S-].C[C]1[C](C)[C](C)[C](C)[C]1C.C[C]1[C](C)[C](C)[C](C)[C]1C.[Cl][Ti+]. The van der Waals surface area contributed by atoms with Crippen LogP contribution in [0.2, 0.25) is 0 Å². The topological polar surface area (TPSA) is 0 Å². The third-order valence-corrected chi connectivity index (χ3v) is 6.19. The zero-order valence-electron chi connectivity index (χ0n) is 19.4. The maximum absolute atomic E-state index is 4.64. The second-order valence-corrected chi connectivity index (χ2v) is 7.41. The second-order valence-electron chi connectivity index (χ2n) is 7.08. The molecule has 3 heteroatoms. The Labute approximate surface area is 199 Å². The van der Waals surface area contributed by atoms with Gasteiger partial charge in [-0.25, -0.2) is 0 Å². The molecule has 0 heterocycles. The Morgan fingerprint density at radius 2 is 0.786 bits per heavy atom. The molecule has 0 aliphatic heterocycles. The Morgan fingerprint density at radius 1 is 0.607 bits per heavy atom. The molecule has 0 amide bonds. The Bertz CT molecular complexity index is 305. The van der Waals surface area contributed by atoms with Crippen molar-refractivity contribution in [1.82, 2.24) is 0 Å². The van der Waals surface area contributed by atoms with Crippen molar-refractivity contribution in [1.29, 1.82) is 0 Å². The molecular formula is C25H37ClSTi. The van der Waals surface area contributed by atoms with Gasteiger partial charge in [-0.15, -0.1) is 6.08 Å². The molecule has 2 aliphatic rings. The van der Waals surface area contributed by atoms with Gasteiger partial charge >= 0.3 is 28.7 Å². The molecule has 0 spiro atoms. The van der Waals surface area contributed by atoms with E-state index in [1.54, 1.807) is 6.08 Å². The zero-order valence-corrected chi connectivity index (χ0v) is 22.6. The quantitative estimate of drug-likeness (QED) is 0.233. The van der Waals surface area contributed by atoms with Crippen LogP contribution in [-0.4, -0.2) is 5.75 Å². The van der Waals surface area contributed by atoms with Crippen molar-refractivity contribution in [3.63, 3.8) is 0 Å². The Hall–Kier alpha value is 0.834. The van der Waals surface area contributed by atoms with E-state index in [-0.39, 0.29) is 0 Å². The van der Waals surface area contributed by atoms with E-state index >= 15 is 0 Å². The second kappa shape index (κ2) is 16.5. The number of hydrogen-bond acceptors (Lipinski definition) is 1. The van der Waals surface area contributed by atoms with Gasteiger partial charge in [0, 0.05) is 0 Å². The molecule has 0 unspecified atom stereocenters. The van der Waals surface area contributed by atoms with Gasteiger partial charge in [-0.05, 0) is 59.2 Å². The van der Waals surface area contributed by atoms with Gasteiger partial charge in [-0.1, -0.05) is 88.0 Å². The van der Waals surface area contributed by atoms with E-state index in [0.29, 0.717) is 5.75 Å². The number of allylic oxidation sites excluding steroid dienone is 2. The first-order valence-electron chi connectivity index (χ1n) is 9.46. The first-order chi connectivity index (χ1) is 13.0. The zero-order chi connectivity index (χ0) is 22.6. The Balaban J connectivity index is 0. The molecule has 2 saturated carbocycles. The van der Waals surface area contributed by atoms with Gasteiger partial charge in [0.05, 0.1) is 0 Å². The average Bonchev–Trinajstić information content (AvgIpc) is 2.99. The van der Waals surface area contributed by atoms with Crippen molar-refractivity contribution in [2.75, 3.05) is 5.75 Å². The minimum absolute atomic E-state index is 0.687. The summed E-state index contributed by atoms with van der Waals surface area (Å²) < 4.78 is 0. The molecule has 28 heavy (non-hydrogen) atoms. The van der Waals surface area contributed by atoms with E-state index in [1.165, 1.54) is 78.6 Å². The molecule has 0 saturated heterocycles. The molecule has 0 N–H and O–H groups in total. The van der Waals surface area contributed by atoms with Crippen molar-refractivity contribution in [2.24, 2.45) is 0 Å². The molecule has 0 atom stereocenters. The summed E-state index contributed by atoms with van der Waals surface area (Å²) in [7, 11) is 4.64. The van der Waals surface area contributed by atoms with Crippen LogP contribution < -0.4 is 0 Å². The summed E-state index contributed by atoms with van der Waals surface area (Å²) >= 11 is 6.06. The molecule has 2 fully saturated rings. The molecule has 0 nitrogen and oxygen atoms in total.